The van der Waals surface area contributed by atoms with E-state index >= 15 is 0 Å². The molecule has 1 aliphatic rings. The molecule has 6 heteroatoms. The number of nitriles is 1. The fraction of sp³-hybridized carbons (Fsp3) is 0.353. The third-order valence-corrected chi connectivity index (χ3v) is 3.94. The SMILES string of the molecule is Cc1cc(Nc2ccccc2C#N)nc(N2CCN(C)CC2)n1. The standard InChI is InChI=1S/C17H20N6/c1-13-11-16(20-15-6-4-3-5-14(15)12-18)21-17(19-13)23-9-7-22(2)8-10-23/h3-6,11H,7-10H2,1-2H3,(H,19,20,21). The lowest BCUT2D eigenvalue weighted by molar-refractivity contribution is 0.311. The third kappa shape index (κ3) is 3.58. The molecule has 118 valence electrons. The van der Waals surface area contributed by atoms with Gasteiger partial charge in [0.2, 0.25) is 5.95 Å². The first kappa shape index (κ1) is 15.3. The number of aryl methyl sites for hydroxylation is 1. The number of nitrogens with one attached hydrogen (secondary N) is 1. The number of nitrogens with zero attached hydrogens (tertiary/aromatic N) is 5. The molecule has 23 heavy (non-hydrogen) atoms. The van der Waals surface area contributed by atoms with Crippen LogP contribution in [0.5, 0.6) is 0 Å². The van der Waals surface area contributed by atoms with Crippen molar-refractivity contribution in [2.45, 2.75) is 6.92 Å². The molecule has 3 rings (SSSR count). The van der Waals surface area contributed by atoms with Crippen LogP contribution in [0.3, 0.4) is 0 Å². The van der Waals surface area contributed by atoms with Gasteiger partial charge in [-0.1, -0.05) is 12.1 Å². The van der Waals surface area contributed by atoms with E-state index in [1.165, 1.54) is 0 Å². The molecule has 0 amide bonds. The molecule has 6 nitrogen and oxygen atoms in total. The zero-order valence-corrected chi connectivity index (χ0v) is 13.5. The number of benzene rings is 1. The Bertz CT molecular complexity index is 728. The number of likely N-dealkylation sites (N-methyl/N-ethyl adjacent to an activating group) is 1. The van der Waals surface area contributed by atoms with E-state index in [2.05, 4.69) is 38.2 Å². The Morgan fingerprint density at radius 2 is 1.87 bits per heavy atom. The monoisotopic (exact) mass is 308 g/mol. The topological polar surface area (TPSA) is 68.1 Å². The van der Waals surface area contributed by atoms with Crippen LogP contribution in [0.4, 0.5) is 17.5 Å². The molecular formula is C17H20N6. The van der Waals surface area contributed by atoms with E-state index in [0.29, 0.717) is 11.4 Å². The van der Waals surface area contributed by atoms with Gasteiger partial charge in [0.1, 0.15) is 11.9 Å². The van der Waals surface area contributed by atoms with Gasteiger partial charge in [0.15, 0.2) is 0 Å². The minimum absolute atomic E-state index is 0.602. The Morgan fingerprint density at radius 3 is 2.61 bits per heavy atom. The summed E-state index contributed by atoms with van der Waals surface area (Å²) >= 11 is 0. The summed E-state index contributed by atoms with van der Waals surface area (Å²) in [6, 6.07) is 11.5. The van der Waals surface area contributed by atoms with Gasteiger partial charge < -0.3 is 15.1 Å². The molecule has 0 unspecified atom stereocenters. The molecule has 0 aliphatic carbocycles. The normalized spacial score (nSPS) is 15.3. The lowest BCUT2D eigenvalue weighted by Crippen LogP contribution is -2.45. The van der Waals surface area contributed by atoms with Gasteiger partial charge in [-0.25, -0.2) is 4.98 Å². The first-order chi connectivity index (χ1) is 11.2. The number of hydrogen-bond acceptors (Lipinski definition) is 6. The van der Waals surface area contributed by atoms with E-state index in [0.717, 1.165) is 43.5 Å². The molecule has 1 aliphatic heterocycles. The zero-order chi connectivity index (χ0) is 16.2. The highest BCUT2D eigenvalue weighted by Gasteiger charge is 2.17. The van der Waals surface area contributed by atoms with E-state index in [1.807, 2.05) is 31.2 Å². The average Bonchev–Trinajstić information content (AvgIpc) is 2.55. The highest BCUT2D eigenvalue weighted by Crippen LogP contribution is 2.21. The molecule has 0 bridgehead atoms. The molecule has 1 saturated heterocycles. The van der Waals surface area contributed by atoms with Gasteiger partial charge in [-0.3, -0.25) is 0 Å². The second-order valence-corrected chi connectivity index (χ2v) is 5.77. The van der Waals surface area contributed by atoms with Gasteiger partial charge in [-0.2, -0.15) is 10.2 Å². The molecule has 1 fully saturated rings. The van der Waals surface area contributed by atoms with Crippen molar-refractivity contribution < 1.29 is 0 Å². The molecule has 1 aromatic heterocycles. The molecule has 2 aromatic rings. The number of hydrogen-bond donors (Lipinski definition) is 1. The lowest BCUT2D eigenvalue weighted by atomic mass is 10.2. The summed E-state index contributed by atoms with van der Waals surface area (Å²) < 4.78 is 0. The Hall–Kier alpha value is -2.65. The smallest absolute Gasteiger partial charge is 0.227 e. The first-order valence-corrected chi connectivity index (χ1v) is 7.71. The van der Waals surface area contributed by atoms with E-state index in [4.69, 9.17) is 0 Å². The maximum atomic E-state index is 9.20. The van der Waals surface area contributed by atoms with Crippen molar-refractivity contribution in [2.24, 2.45) is 0 Å². The van der Waals surface area contributed by atoms with Gasteiger partial charge in [0.05, 0.1) is 11.3 Å². The second kappa shape index (κ2) is 6.63. The third-order valence-electron chi connectivity index (χ3n) is 3.94. The fourth-order valence-electron chi connectivity index (χ4n) is 2.59. The maximum Gasteiger partial charge on any atom is 0.227 e. The van der Waals surface area contributed by atoms with Crippen molar-refractivity contribution in [2.75, 3.05) is 43.4 Å². The highest BCUT2D eigenvalue weighted by atomic mass is 15.3. The predicted molar refractivity (Wildman–Crippen MR) is 90.9 cm³/mol. The van der Waals surface area contributed by atoms with Crippen LogP contribution in [0.1, 0.15) is 11.3 Å². The summed E-state index contributed by atoms with van der Waals surface area (Å²) in [7, 11) is 2.13. The van der Waals surface area contributed by atoms with Crippen LogP contribution in [0.15, 0.2) is 30.3 Å². The minimum Gasteiger partial charge on any atom is -0.339 e. The predicted octanol–water partition coefficient (Wildman–Crippen LogP) is 2.15. The molecule has 0 atom stereocenters. The van der Waals surface area contributed by atoms with Crippen LogP contribution in [-0.2, 0) is 0 Å². The van der Waals surface area contributed by atoms with E-state index < -0.39 is 0 Å². The molecule has 0 saturated carbocycles. The van der Waals surface area contributed by atoms with Gasteiger partial charge in [-0.15, -0.1) is 0 Å². The molecule has 0 radical (unpaired) electrons. The van der Waals surface area contributed by atoms with Crippen LogP contribution >= 0.6 is 0 Å². The van der Waals surface area contributed by atoms with Gasteiger partial charge in [0, 0.05) is 37.9 Å². The van der Waals surface area contributed by atoms with Crippen LogP contribution < -0.4 is 10.2 Å². The van der Waals surface area contributed by atoms with Crippen molar-refractivity contribution in [3.63, 3.8) is 0 Å². The maximum absolute atomic E-state index is 9.20. The summed E-state index contributed by atoms with van der Waals surface area (Å²) in [5.74, 6) is 1.46. The first-order valence-electron chi connectivity index (χ1n) is 7.71. The minimum atomic E-state index is 0.602. The van der Waals surface area contributed by atoms with Crippen molar-refractivity contribution in [1.29, 1.82) is 5.26 Å². The summed E-state index contributed by atoms with van der Waals surface area (Å²) in [6.45, 7) is 5.83. The number of para-hydroxylation sites is 1. The van der Waals surface area contributed by atoms with Crippen LogP contribution in [0.25, 0.3) is 0 Å². The van der Waals surface area contributed by atoms with Gasteiger partial charge in [-0.05, 0) is 26.1 Å². The lowest BCUT2D eigenvalue weighted by Gasteiger charge is -2.32. The highest BCUT2D eigenvalue weighted by molar-refractivity contribution is 5.65. The van der Waals surface area contributed by atoms with Crippen molar-refractivity contribution in [1.82, 2.24) is 14.9 Å². The summed E-state index contributed by atoms with van der Waals surface area (Å²) in [5.41, 5.74) is 2.27. The largest absolute Gasteiger partial charge is 0.339 e. The summed E-state index contributed by atoms with van der Waals surface area (Å²) in [5, 5.41) is 12.4. The molecule has 1 aromatic carbocycles. The number of aromatic nitrogens is 2. The Labute approximate surface area is 136 Å². The number of rotatable bonds is 3. The summed E-state index contributed by atoms with van der Waals surface area (Å²) in [4.78, 5) is 13.7. The van der Waals surface area contributed by atoms with Gasteiger partial charge >= 0.3 is 0 Å². The van der Waals surface area contributed by atoms with E-state index in [-0.39, 0.29) is 0 Å². The van der Waals surface area contributed by atoms with Crippen molar-refractivity contribution >= 4 is 17.5 Å². The van der Waals surface area contributed by atoms with Crippen molar-refractivity contribution in [3.05, 3.63) is 41.6 Å². The molecule has 2 heterocycles. The quantitative estimate of drug-likeness (QED) is 0.937. The van der Waals surface area contributed by atoms with Crippen LogP contribution in [0, 0.1) is 18.3 Å². The Morgan fingerprint density at radius 1 is 1.13 bits per heavy atom. The zero-order valence-electron chi connectivity index (χ0n) is 13.5. The van der Waals surface area contributed by atoms with E-state index in [1.54, 1.807) is 6.07 Å². The number of piperazine rings is 1. The molecular weight excluding hydrogens is 288 g/mol. The summed E-state index contributed by atoms with van der Waals surface area (Å²) in [6.07, 6.45) is 0. The van der Waals surface area contributed by atoms with Crippen LogP contribution in [-0.4, -0.2) is 48.1 Å². The average molecular weight is 308 g/mol. The number of anilines is 3. The fourth-order valence-corrected chi connectivity index (χ4v) is 2.59. The van der Waals surface area contributed by atoms with Gasteiger partial charge in [0.25, 0.3) is 0 Å². The second-order valence-electron chi connectivity index (χ2n) is 5.77. The van der Waals surface area contributed by atoms with E-state index in [9.17, 15) is 5.26 Å². The van der Waals surface area contributed by atoms with Crippen LogP contribution in [0.2, 0.25) is 0 Å². The molecule has 0 spiro atoms. The Kier molecular flexibility index (Phi) is 4.40. The molecule has 1 N–H and O–H groups in total. The van der Waals surface area contributed by atoms with Crippen molar-refractivity contribution in [3.8, 4) is 6.07 Å². The Balaban J connectivity index is 1.85.